The number of anilines is 2. The number of ether oxygens (including phenoxy) is 5. The molecule has 4 rings (SSSR count). The van der Waals surface area contributed by atoms with E-state index in [1.807, 2.05) is 48.5 Å². The monoisotopic (exact) mass is 600 g/mol. The van der Waals surface area contributed by atoms with Crippen molar-refractivity contribution in [3.63, 3.8) is 0 Å². The highest BCUT2D eigenvalue weighted by molar-refractivity contribution is 5.94. The number of carbonyl (C=O) groups is 1. The number of carbonyl (C=O) groups excluding carboxylic acids is 1. The van der Waals surface area contributed by atoms with Gasteiger partial charge in [0.2, 0.25) is 0 Å². The number of nitrogens with zero attached hydrogens (tertiary/aromatic N) is 3. The average Bonchev–Trinajstić information content (AvgIpc) is 3.06. The molecule has 1 heterocycles. The third-order valence-electron chi connectivity index (χ3n) is 7.08. The van der Waals surface area contributed by atoms with E-state index in [-0.39, 0.29) is 0 Å². The van der Waals surface area contributed by atoms with Gasteiger partial charge in [0.1, 0.15) is 18.8 Å². The second-order valence-electron chi connectivity index (χ2n) is 9.83. The molecule has 0 aliphatic carbocycles. The molecule has 232 valence electrons. The smallest absolute Gasteiger partial charge is 0.330 e. The second kappa shape index (κ2) is 16.1. The number of hydrogen-bond donors (Lipinski definition) is 1. The van der Waals surface area contributed by atoms with Crippen molar-refractivity contribution < 1.29 is 28.5 Å². The highest BCUT2D eigenvalue weighted by Gasteiger charge is 2.17. The Morgan fingerprint density at radius 1 is 0.909 bits per heavy atom. The predicted octanol–water partition coefficient (Wildman–Crippen LogP) is 6.27. The van der Waals surface area contributed by atoms with E-state index in [0.717, 1.165) is 37.0 Å². The Morgan fingerprint density at radius 3 is 2.39 bits per heavy atom. The zero-order chi connectivity index (χ0) is 31.3. The van der Waals surface area contributed by atoms with Gasteiger partial charge in [-0.3, -0.25) is 0 Å². The highest BCUT2D eigenvalue weighted by Crippen LogP contribution is 2.41. The molecule has 4 aromatic rings. The molecule has 0 saturated heterocycles. The summed E-state index contributed by atoms with van der Waals surface area (Å²) in [6.07, 6.45) is 5.36. The van der Waals surface area contributed by atoms with Crippen LogP contribution in [0.3, 0.4) is 0 Å². The van der Waals surface area contributed by atoms with Crippen LogP contribution in [0.1, 0.15) is 31.4 Å². The fourth-order valence-electron chi connectivity index (χ4n) is 4.65. The van der Waals surface area contributed by atoms with Gasteiger partial charge in [-0.2, -0.15) is 0 Å². The van der Waals surface area contributed by atoms with E-state index in [0.29, 0.717) is 58.8 Å². The molecule has 10 nitrogen and oxygen atoms in total. The summed E-state index contributed by atoms with van der Waals surface area (Å²) >= 11 is 0. The topological polar surface area (TPSA) is 104 Å². The fourth-order valence-corrected chi connectivity index (χ4v) is 4.65. The molecule has 0 amide bonds. The van der Waals surface area contributed by atoms with Gasteiger partial charge in [-0.25, -0.2) is 14.8 Å². The summed E-state index contributed by atoms with van der Waals surface area (Å²) in [5, 5.41) is 4.15. The molecule has 44 heavy (non-hydrogen) atoms. The number of rotatable bonds is 16. The van der Waals surface area contributed by atoms with Crippen molar-refractivity contribution in [3.05, 3.63) is 78.1 Å². The van der Waals surface area contributed by atoms with E-state index in [2.05, 4.69) is 34.0 Å². The van der Waals surface area contributed by atoms with Crippen molar-refractivity contribution in [2.45, 2.75) is 26.9 Å². The number of nitrogens with one attached hydrogen (secondary N) is 1. The number of fused-ring (bicyclic) bond motifs is 1. The quantitative estimate of drug-likeness (QED) is 0.0899. The lowest BCUT2D eigenvalue weighted by molar-refractivity contribution is -0.134. The molecule has 3 aromatic carbocycles. The first-order valence-electron chi connectivity index (χ1n) is 14.6. The molecule has 10 heteroatoms. The van der Waals surface area contributed by atoms with E-state index in [4.69, 9.17) is 23.7 Å². The maximum Gasteiger partial charge on any atom is 0.330 e. The third kappa shape index (κ3) is 8.38. The van der Waals surface area contributed by atoms with Gasteiger partial charge in [-0.1, -0.05) is 44.2 Å². The summed E-state index contributed by atoms with van der Waals surface area (Å²) in [6.45, 7) is 8.13. The van der Waals surface area contributed by atoms with Crippen LogP contribution in [0.25, 0.3) is 17.0 Å². The minimum Gasteiger partial charge on any atom is -0.493 e. The van der Waals surface area contributed by atoms with Crippen molar-refractivity contribution in [1.29, 1.82) is 0 Å². The van der Waals surface area contributed by atoms with Gasteiger partial charge >= 0.3 is 5.97 Å². The Balaban J connectivity index is 1.70. The summed E-state index contributed by atoms with van der Waals surface area (Å²) in [4.78, 5) is 23.2. The number of esters is 1. The first-order chi connectivity index (χ1) is 21.5. The van der Waals surface area contributed by atoms with E-state index in [1.165, 1.54) is 19.5 Å². The predicted molar refractivity (Wildman–Crippen MR) is 172 cm³/mol. The molecule has 0 aliphatic rings. The molecule has 0 spiro atoms. The molecule has 0 bridgehead atoms. The molecule has 1 N–H and O–H groups in total. The van der Waals surface area contributed by atoms with Crippen LogP contribution < -0.4 is 24.3 Å². The minimum absolute atomic E-state index is 0.316. The lowest BCUT2D eigenvalue weighted by Crippen LogP contribution is -2.25. The van der Waals surface area contributed by atoms with Crippen LogP contribution in [-0.2, 0) is 16.1 Å². The third-order valence-corrected chi connectivity index (χ3v) is 7.08. The molecule has 0 unspecified atom stereocenters. The molecule has 0 atom stereocenters. The minimum atomic E-state index is -0.469. The molecule has 0 aliphatic heterocycles. The second-order valence-corrected chi connectivity index (χ2v) is 9.83. The SMILES string of the molecule is CCN(CC)CCCOc1cc2c(Nc3cc(/C=C/C(=O)OC)cc(OC)c3OCc3ccccc3)ncnc2cc1OC. The highest BCUT2D eigenvalue weighted by atomic mass is 16.5. The first kappa shape index (κ1) is 32.1. The van der Waals surface area contributed by atoms with Crippen LogP contribution in [0, 0.1) is 0 Å². The Kier molecular flexibility index (Phi) is 11.8. The van der Waals surface area contributed by atoms with Gasteiger partial charge in [0.05, 0.1) is 39.1 Å². The molecular weight excluding hydrogens is 560 g/mol. The fraction of sp³-hybridized carbons (Fsp3) is 0.324. The van der Waals surface area contributed by atoms with Crippen LogP contribution >= 0.6 is 0 Å². The number of benzene rings is 3. The average molecular weight is 601 g/mol. The standard InChI is InChI=1S/C34H40N4O6/c1-6-38(7-2)16-11-17-43-30-20-26-27(21-29(30)40-3)35-23-36-34(26)37-28-18-25(14-15-32(39)42-5)19-31(41-4)33(28)44-22-24-12-9-8-10-13-24/h8-10,12-15,18-21,23H,6-7,11,16-17,22H2,1-5H3,(H,35,36,37)/b15-14+. The van der Waals surface area contributed by atoms with Crippen LogP contribution in [-0.4, -0.2) is 68.4 Å². The molecule has 0 radical (unpaired) electrons. The van der Waals surface area contributed by atoms with Crippen LogP contribution in [0.15, 0.2) is 67.0 Å². The summed E-state index contributed by atoms with van der Waals surface area (Å²) in [7, 11) is 4.51. The van der Waals surface area contributed by atoms with Crippen molar-refractivity contribution in [2.75, 3.05) is 52.9 Å². The summed E-state index contributed by atoms with van der Waals surface area (Å²) < 4.78 is 28.6. The van der Waals surface area contributed by atoms with Crippen molar-refractivity contribution in [2.24, 2.45) is 0 Å². The van der Waals surface area contributed by atoms with E-state index in [9.17, 15) is 4.79 Å². The zero-order valence-electron chi connectivity index (χ0n) is 26.0. The van der Waals surface area contributed by atoms with Gasteiger partial charge in [0, 0.05) is 24.1 Å². The van der Waals surface area contributed by atoms with Crippen LogP contribution in [0.2, 0.25) is 0 Å². The molecular formula is C34H40N4O6. The zero-order valence-corrected chi connectivity index (χ0v) is 26.0. The summed E-state index contributed by atoms with van der Waals surface area (Å²) in [5.74, 6) is 2.22. The Morgan fingerprint density at radius 2 is 1.68 bits per heavy atom. The van der Waals surface area contributed by atoms with E-state index < -0.39 is 5.97 Å². The summed E-state index contributed by atoms with van der Waals surface area (Å²) in [6, 6.07) is 17.2. The number of aromatic nitrogens is 2. The van der Waals surface area contributed by atoms with Crippen molar-refractivity contribution in [1.82, 2.24) is 14.9 Å². The molecule has 0 fully saturated rings. The maximum atomic E-state index is 11.8. The van der Waals surface area contributed by atoms with Crippen molar-refractivity contribution >= 4 is 34.5 Å². The van der Waals surface area contributed by atoms with Gasteiger partial charge in [0.15, 0.2) is 23.0 Å². The van der Waals surface area contributed by atoms with Gasteiger partial charge in [-0.05, 0) is 54.9 Å². The van der Waals surface area contributed by atoms with Gasteiger partial charge in [0.25, 0.3) is 0 Å². The Hall–Kier alpha value is -4.83. The Bertz CT molecular complexity index is 1560. The number of methoxy groups -OCH3 is 3. The van der Waals surface area contributed by atoms with Crippen LogP contribution in [0.4, 0.5) is 11.5 Å². The lowest BCUT2D eigenvalue weighted by atomic mass is 10.1. The lowest BCUT2D eigenvalue weighted by Gasteiger charge is -2.19. The normalized spacial score (nSPS) is 11.1. The van der Waals surface area contributed by atoms with Crippen molar-refractivity contribution in [3.8, 4) is 23.0 Å². The largest absolute Gasteiger partial charge is 0.493 e. The van der Waals surface area contributed by atoms with Gasteiger partial charge < -0.3 is 33.9 Å². The maximum absolute atomic E-state index is 11.8. The van der Waals surface area contributed by atoms with E-state index in [1.54, 1.807) is 26.4 Å². The number of hydrogen-bond acceptors (Lipinski definition) is 10. The van der Waals surface area contributed by atoms with Crippen LogP contribution in [0.5, 0.6) is 23.0 Å². The Labute approximate surface area is 258 Å². The molecule has 1 aromatic heterocycles. The van der Waals surface area contributed by atoms with E-state index >= 15 is 0 Å². The molecule has 0 saturated carbocycles. The van der Waals surface area contributed by atoms with Gasteiger partial charge in [-0.15, -0.1) is 0 Å². The summed E-state index contributed by atoms with van der Waals surface area (Å²) in [5.41, 5.74) is 2.95. The first-order valence-corrected chi connectivity index (χ1v) is 14.6.